The molecule has 3 aliphatic rings. The first-order valence-corrected chi connectivity index (χ1v) is 11.8. The van der Waals surface area contributed by atoms with Crippen molar-refractivity contribution in [1.82, 2.24) is 14.7 Å². The Bertz CT molecular complexity index is 826. The first-order chi connectivity index (χ1) is 15.4. The molecule has 1 aromatic rings. The highest BCUT2D eigenvalue weighted by molar-refractivity contribution is 5.86. The Labute approximate surface area is 191 Å². The number of hydrogen-bond acceptors (Lipinski definition) is 5. The zero-order valence-corrected chi connectivity index (χ0v) is 19.8. The van der Waals surface area contributed by atoms with E-state index >= 15 is 0 Å². The lowest BCUT2D eigenvalue weighted by Crippen LogP contribution is -2.53. The molecule has 3 heterocycles. The van der Waals surface area contributed by atoms with Gasteiger partial charge in [-0.2, -0.15) is 0 Å². The van der Waals surface area contributed by atoms with E-state index in [-0.39, 0.29) is 16.9 Å². The molecule has 7 heteroatoms. The number of likely N-dealkylation sites (tertiary alicyclic amines) is 3. The number of hydrogen-bond donors (Lipinski definition) is 0. The van der Waals surface area contributed by atoms with Crippen LogP contribution < -0.4 is 4.74 Å². The lowest BCUT2D eigenvalue weighted by Gasteiger charge is -2.44. The molecule has 0 unspecified atom stereocenters. The van der Waals surface area contributed by atoms with Gasteiger partial charge < -0.3 is 24.2 Å². The van der Waals surface area contributed by atoms with Gasteiger partial charge in [0.1, 0.15) is 5.75 Å². The second kappa shape index (κ2) is 9.40. The highest BCUT2D eigenvalue weighted by atomic mass is 16.5. The summed E-state index contributed by atoms with van der Waals surface area (Å²) in [6.07, 6.45) is 4.92. The van der Waals surface area contributed by atoms with E-state index in [9.17, 15) is 9.59 Å². The van der Waals surface area contributed by atoms with Crippen LogP contribution in [0.2, 0.25) is 0 Å². The van der Waals surface area contributed by atoms with Gasteiger partial charge in [0.05, 0.1) is 25.6 Å². The van der Waals surface area contributed by atoms with Crippen molar-refractivity contribution in [3.05, 3.63) is 29.8 Å². The molecule has 0 aromatic heterocycles. The lowest BCUT2D eigenvalue weighted by atomic mass is 9.71. The average molecular weight is 444 g/mol. The number of carbonyl (C=O) groups is 2. The summed E-state index contributed by atoms with van der Waals surface area (Å²) < 4.78 is 10.5. The van der Waals surface area contributed by atoms with Gasteiger partial charge in [-0.1, -0.05) is 12.1 Å². The van der Waals surface area contributed by atoms with Gasteiger partial charge in [-0.05, 0) is 62.9 Å². The predicted molar refractivity (Wildman–Crippen MR) is 123 cm³/mol. The van der Waals surface area contributed by atoms with Crippen molar-refractivity contribution >= 4 is 11.8 Å². The molecule has 0 atom stereocenters. The van der Waals surface area contributed by atoms with Crippen molar-refractivity contribution in [3.63, 3.8) is 0 Å². The van der Waals surface area contributed by atoms with Crippen molar-refractivity contribution in [2.75, 3.05) is 60.6 Å². The van der Waals surface area contributed by atoms with Gasteiger partial charge in [0.2, 0.25) is 11.8 Å². The Kier molecular flexibility index (Phi) is 6.77. The zero-order chi connectivity index (χ0) is 22.8. The third-order valence-electron chi connectivity index (χ3n) is 8.10. The number of rotatable bonds is 6. The third kappa shape index (κ3) is 4.37. The van der Waals surface area contributed by atoms with Crippen LogP contribution in [0.5, 0.6) is 5.75 Å². The maximum absolute atomic E-state index is 13.4. The molecular formula is C25H37N3O4. The second-order valence-electron chi connectivity index (χ2n) is 9.79. The lowest BCUT2D eigenvalue weighted by molar-refractivity contribution is -0.140. The summed E-state index contributed by atoms with van der Waals surface area (Å²) >= 11 is 0. The van der Waals surface area contributed by atoms with E-state index in [1.165, 1.54) is 0 Å². The Hall–Kier alpha value is -2.12. The molecule has 2 amide bonds. The summed E-state index contributed by atoms with van der Waals surface area (Å²) in [5, 5.41) is 0. The van der Waals surface area contributed by atoms with E-state index in [0.29, 0.717) is 12.3 Å². The first kappa shape index (κ1) is 23.1. The third-order valence-corrected chi connectivity index (χ3v) is 8.10. The van der Waals surface area contributed by atoms with Gasteiger partial charge in [-0.3, -0.25) is 9.59 Å². The average Bonchev–Trinajstić information content (AvgIpc) is 3.01. The topological polar surface area (TPSA) is 62.3 Å². The van der Waals surface area contributed by atoms with Gasteiger partial charge in [0.15, 0.2) is 0 Å². The molecule has 32 heavy (non-hydrogen) atoms. The fourth-order valence-electron chi connectivity index (χ4n) is 5.96. The van der Waals surface area contributed by atoms with E-state index < -0.39 is 0 Å². The number of piperidine rings is 2. The molecule has 0 saturated carbocycles. The predicted octanol–water partition coefficient (Wildman–Crippen LogP) is 2.19. The standard InChI is InChI=1S/C25H37N3O4/c1-26-23(30)24(7-11-27(12-8-24)15-16-31-2)19-25(26)9-13-28(14-10-25)22(29)18-20-5-4-6-21(17-20)32-3/h4-6,17H,7-16,18-19H2,1-3H3. The smallest absolute Gasteiger partial charge is 0.229 e. The fraction of sp³-hybridized carbons (Fsp3) is 0.680. The van der Waals surface area contributed by atoms with Gasteiger partial charge in [0.25, 0.3) is 0 Å². The van der Waals surface area contributed by atoms with Crippen LogP contribution in [0.3, 0.4) is 0 Å². The van der Waals surface area contributed by atoms with E-state index in [1.807, 2.05) is 41.1 Å². The van der Waals surface area contributed by atoms with Gasteiger partial charge in [-0.15, -0.1) is 0 Å². The quantitative estimate of drug-likeness (QED) is 0.675. The van der Waals surface area contributed by atoms with E-state index in [1.54, 1.807) is 14.2 Å². The summed E-state index contributed by atoms with van der Waals surface area (Å²) in [7, 11) is 5.36. The minimum Gasteiger partial charge on any atom is -0.497 e. The van der Waals surface area contributed by atoms with Crippen LogP contribution in [0.1, 0.15) is 37.7 Å². The molecule has 7 nitrogen and oxygen atoms in total. The molecule has 0 aliphatic carbocycles. The molecule has 0 N–H and O–H groups in total. The molecule has 3 aliphatic heterocycles. The van der Waals surface area contributed by atoms with Crippen LogP contribution in [0.25, 0.3) is 0 Å². The molecule has 0 bridgehead atoms. The molecule has 176 valence electrons. The van der Waals surface area contributed by atoms with Crippen LogP contribution in [0, 0.1) is 5.41 Å². The van der Waals surface area contributed by atoms with E-state index in [2.05, 4.69) is 4.90 Å². The van der Waals surface area contributed by atoms with Gasteiger partial charge in [-0.25, -0.2) is 0 Å². The molecule has 2 spiro atoms. The monoisotopic (exact) mass is 443 g/mol. The normalized spacial score (nSPS) is 22.7. The number of amides is 2. The number of nitrogens with zero attached hydrogens (tertiary/aromatic N) is 3. The summed E-state index contributed by atoms with van der Waals surface area (Å²) in [6, 6.07) is 7.71. The second-order valence-corrected chi connectivity index (χ2v) is 9.79. The number of ether oxygens (including phenoxy) is 2. The summed E-state index contributed by atoms with van der Waals surface area (Å²) in [6.45, 7) is 5.04. The minimum absolute atomic E-state index is 0.0987. The summed E-state index contributed by atoms with van der Waals surface area (Å²) in [5.41, 5.74) is 0.658. The van der Waals surface area contributed by atoms with Crippen LogP contribution in [-0.2, 0) is 20.7 Å². The van der Waals surface area contributed by atoms with Crippen molar-refractivity contribution in [1.29, 1.82) is 0 Å². The number of benzene rings is 1. The maximum atomic E-state index is 13.4. The highest BCUT2D eigenvalue weighted by Crippen LogP contribution is 2.52. The fourth-order valence-corrected chi connectivity index (χ4v) is 5.96. The Balaban J connectivity index is 1.35. The SMILES string of the molecule is COCCN1CCC2(CC1)CC1(CCN(C(=O)Cc3cccc(OC)c3)CC1)N(C)C2=O. The maximum Gasteiger partial charge on any atom is 0.229 e. The van der Waals surface area contributed by atoms with Crippen LogP contribution in [0.15, 0.2) is 24.3 Å². The minimum atomic E-state index is -0.217. The van der Waals surface area contributed by atoms with E-state index in [0.717, 1.165) is 82.7 Å². The van der Waals surface area contributed by atoms with E-state index in [4.69, 9.17) is 9.47 Å². The van der Waals surface area contributed by atoms with Crippen LogP contribution in [0.4, 0.5) is 0 Å². The van der Waals surface area contributed by atoms with Crippen LogP contribution in [-0.4, -0.2) is 92.7 Å². The first-order valence-electron chi connectivity index (χ1n) is 11.8. The molecule has 3 saturated heterocycles. The van der Waals surface area contributed by atoms with Gasteiger partial charge in [0, 0.05) is 39.3 Å². The number of carbonyl (C=O) groups excluding carboxylic acids is 2. The van der Waals surface area contributed by atoms with Crippen molar-refractivity contribution in [2.45, 2.75) is 44.1 Å². The Morgan fingerprint density at radius 3 is 2.44 bits per heavy atom. The van der Waals surface area contributed by atoms with Crippen LogP contribution >= 0.6 is 0 Å². The highest BCUT2D eigenvalue weighted by Gasteiger charge is 2.58. The number of methoxy groups -OCH3 is 2. The molecule has 4 rings (SSSR count). The summed E-state index contributed by atoms with van der Waals surface area (Å²) in [5.74, 6) is 1.25. The molecule has 3 fully saturated rings. The summed E-state index contributed by atoms with van der Waals surface area (Å²) in [4.78, 5) is 32.7. The molecule has 1 aromatic carbocycles. The molecule has 0 radical (unpaired) electrons. The van der Waals surface area contributed by atoms with Crippen molar-refractivity contribution in [3.8, 4) is 5.75 Å². The van der Waals surface area contributed by atoms with Crippen molar-refractivity contribution in [2.24, 2.45) is 5.41 Å². The Morgan fingerprint density at radius 1 is 1.06 bits per heavy atom. The largest absolute Gasteiger partial charge is 0.497 e. The van der Waals surface area contributed by atoms with Gasteiger partial charge >= 0.3 is 0 Å². The molecular weight excluding hydrogens is 406 g/mol. The Morgan fingerprint density at radius 2 is 1.78 bits per heavy atom. The van der Waals surface area contributed by atoms with Crippen molar-refractivity contribution < 1.29 is 19.1 Å². The zero-order valence-electron chi connectivity index (χ0n) is 19.8.